The molecule has 8 heteroatoms. The van der Waals surface area contributed by atoms with Gasteiger partial charge in [-0.25, -0.2) is 4.79 Å². The number of hydrogen-bond acceptors (Lipinski definition) is 8. The van der Waals surface area contributed by atoms with Crippen LogP contribution in [0.1, 0.15) is 32.1 Å². The number of aliphatic hydroxyl groups excluding tert-OH is 3. The molecule has 3 N–H and O–H groups in total. The van der Waals surface area contributed by atoms with Crippen LogP contribution in [0, 0.1) is 6.92 Å². The van der Waals surface area contributed by atoms with Crippen molar-refractivity contribution in [1.29, 1.82) is 0 Å². The van der Waals surface area contributed by atoms with Crippen molar-refractivity contribution in [2.45, 2.75) is 69.4 Å². The molecule has 2 saturated heterocycles. The quantitative estimate of drug-likeness (QED) is 0.577. The molecular formula is C23H30O8. The van der Waals surface area contributed by atoms with Gasteiger partial charge in [0, 0.05) is 5.56 Å². The topological polar surface area (TPSA) is 119 Å². The van der Waals surface area contributed by atoms with Crippen molar-refractivity contribution in [2.24, 2.45) is 0 Å². The highest BCUT2D eigenvalue weighted by atomic mass is 16.6. The Bertz CT molecular complexity index is 945. The van der Waals surface area contributed by atoms with Crippen LogP contribution < -0.4 is 10.4 Å². The molecule has 0 radical (unpaired) electrons. The van der Waals surface area contributed by atoms with Gasteiger partial charge in [-0.2, -0.15) is 0 Å². The van der Waals surface area contributed by atoms with Crippen LogP contribution in [-0.2, 0) is 9.47 Å². The molecule has 0 aromatic carbocycles. The van der Waals surface area contributed by atoms with Crippen LogP contribution in [0.3, 0.4) is 0 Å². The smallest absolute Gasteiger partial charge is 0.339 e. The van der Waals surface area contributed by atoms with E-state index in [1.807, 2.05) is 0 Å². The molecule has 0 aliphatic carbocycles. The summed E-state index contributed by atoms with van der Waals surface area (Å²) in [5, 5.41) is 31.4. The number of ether oxygens (including phenoxy) is 3. The van der Waals surface area contributed by atoms with E-state index in [-0.39, 0.29) is 0 Å². The first-order valence-electron chi connectivity index (χ1n) is 10.1. The van der Waals surface area contributed by atoms with Gasteiger partial charge >= 0.3 is 5.63 Å². The van der Waals surface area contributed by atoms with E-state index in [1.165, 1.54) is 13.2 Å². The summed E-state index contributed by atoms with van der Waals surface area (Å²) in [6.45, 7) is 6.65. The van der Waals surface area contributed by atoms with Crippen LogP contribution in [0.4, 0.5) is 0 Å². The molecule has 0 unspecified atom stereocenters. The second kappa shape index (κ2) is 8.72. The van der Waals surface area contributed by atoms with Gasteiger partial charge in [0.1, 0.15) is 47.1 Å². The highest BCUT2D eigenvalue weighted by Crippen LogP contribution is 2.49. The molecule has 1 aromatic rings. The monoisotopic (exact) mass is 434 g/mol. The first-order chi connectivity index (χ1) is 14.5. The fourth-order valence-corrected chi connectivity index (χ4v) is 4.32. The molecule has 0 saturated carbocycles. The SMILES string of the molecule is COc1cc(=O)oc(C=CC=CC=C[C@@H]2O[C@]3(C)[C@@H](O)[C@@](C)(O[C@@H]3[C@@H](C)O)[C@H]2O)c1C. The molecular weight excluding hydrogens is 404 g/mol. The van der Waals surface area contributed by atoms with Crippen molar-refractivity contribution >= 4 is 6.08 Å². The third-order valence-corrected chi connectivity index (χ3v) is 6.06. The van der Waals surface area contributed by atoms with E-state index in [1.54, 1.807) is 64.2 Å². The van der Waals surface area contributed by atoms with Crippen LogP contribution in [0.2, 0.25) is 0 Å². The van der Waals surface area contributed by atoms with Gasteiger partial charge < -0.3 is 33.9 Å². The molecule has 2 aliphatic rings. The number of hydrogen-bond donors (Lipinski definition) is 3. The second-order valence-electron chi connectivity index (χ2n) is 8.33. The standard InChI is InChI=1S/C23H30O8/c1-13-15(29-18(25)12-17(13)28-5)10-8-6-7-9-11-16-19(26)22(3)21(27)23(4,30-16)20(31-22)14(2)24/h6-12,14,16,19-21,24,26-27H,1-5H3/t14-,16+,19+,20-,21+,22+,23+/m1/s1. The fraction of sp³-hybridized carbons (Fsp3) is 0.522. The lowest BCUT2D eigenvalue weighted by molar-refractivity contribution is -0.225. The molecule has 3 rings (SSSR count). The summed E-state index contributed by atoms with van der Waals surface area (Å²) < 4.78 is 22.1. The van der Waals surface area contributed by atoms with Crippen molar-refractivity contribution in [1.82, 2.24) is 0 Å². The summed E-state index contributed by atoms with van der Waals surface area (Å²) in [6.07, 6.45) is 5.61. The summed E-state index contributed by atoms with van der Waals surface area (Å²) in [5.74, 6) is 0.858. The number of fused-ring (bicyclic) bond motifs is 2. The number of rotatable bonds is 6. The second-order valence-corrected chi connectivity index (χ2v) is 8.33. The van der Waals surface area contributed by atoms with Gasteiger partial charge in [-0.15, -0.1) is 0 Å². The molecule has 0 amide bonds. The molecule has 2 aliphatic heterocycles. The molecule has 7 atom stereocenters. The zero-order valence-corrected chi connectivity index (χ0v) is 18.3. The highest BCUT2D eigenvalue weighted by Gasteiger charge is 2.69. The zero-order chi connectivity index (χ0) is 23.0. The van der Waals surface area contributed by atoms with Crippen molar-refractivity contribution in [3.63, 3.8) is 0 Å². The van der Waals surface area contributed by atoms with E-state index in [0.717, 1.165) is 0 Å². The number of methoxy groups -OCH3 is 1. The van der Waals surface area contributed by atoms with Gasteiger partial charge in [0.05, 0.1) is 19.3 Å². The Morgan fingerprint density at radius 3 is 2.45 bits per heavy atom. The summed E-state index contributed by atoms with van der Waals surface area (Å²) in [6, 6.07) is 1.29. The average Bonchev–Trinajstić information content (AvgIpc) is 2.87. The first kappa shape index (κ1) is 23.4. The largest absolute Gasteiger partial charge is 0.496 e. The van der Waals surface area contributed by atoms with Crippen LogP contribution in [0.5, 0.6) is 5.75 Å². The molecule has 1 aromatic heterocycles. The van der Waals surface area contributed by atoms with Gasteiger partial charge in [0.15, 0.2) is 0 Å². The van der Waals surface area contributed by atoms with Gasteiger partial charge in [0.2, 0.25) is 0 Å². The summed E-state index contributed by atoms with van der Waals surface area (Å²) in [7, 11) is 1.49. The summed E-state index contributed by atoms with van der Waals surface area (Å²) >= 11 is 0. The molecule has 170 valence electrons. The molecule has 8 nitrogen and oxygen atoms in total. The molecule has 2 fully saturated rings. The average molecular weight is 434 g/mol. The fourth-order valence-electron chi connectivity index (χ4n) is 4.32. The van der Waals surface area contributed by atoms with E-state index >= 15 is 0 Å². The molecule has 2 bridgehead atoms. The van der Waals surface area contributed by atoms with Crippen molar-refractivity contribution in [2.75, 3.05) is 7.11 Å². The maximum atomic E-state index is 11.6. The normalized spacial score (nSPS) is 36.6. The van der Waals surface area contributed by atoms with Crippen molar-refractivity contribution < 1.29 is 33.9 Å². The van der Waals surface area contributed by atoms with Gasteiger partial charge in [-0.1, -0.05) is 30.4 Å². The van der Waals surface area contributed by atoms with Gasteiger partial charge in [-0.05, 0) is 33.8 Å². The van der Waals surface area contributed by atoms with Crippen LogP contribution in [-0.4, -0.2) is 64.2 Å². The number of allylic oxidation sites excluding steroid dienone is 4. The number of aliphatic hydroxyl groups is 3. The first-order valence-corrected chi connectivity index (χ1v) is 10.1. The molecule has 0 spiro atoms. The maximum Gasteiger partial charge on any atom is 0.339 e. The van der Waals surface area contributed by atoms with E-state index in [2.05, 4.69) is 0 Å². The van der Waals surface area contributed by atoms with Gasteiger partial charge in [0.25, 0.3) is 0 Å². The Labute approximate surface area is 181 Å². The van der Waals surface area contributed by atoms with Crippen molar-refractivity contribution in [3.8, 4) is 5.75 Å². The van der Waals surface area contributed by atoms with Crippen molar-refractivity contribution in [3.05, 3.63) is 58.2 Å². The minimum absolute atomic E-state index is 0.400. The minimum atomic E-state index is -1.26. The Morgan fingerprint density at radius 2 is 1.81 bits per heavy atom. The lowest BCUT2D eigenvalue weighted by Crippen LogP contribution is -2.65. The summed E-state index contributed by atoms with van der Waals surface area (Å²) in [4.78, 5) is 11.6. The molecule has 31 heavy (non-hydrogen) atoms. The Balaban J connectivity index is 1.71. The predicted octanol–water partition coefficient (Wildman–Crippen LogP) is 1.50. The van der Waals surface area contributed by atoms with E-state index < -0.39 is 47.3 Å². The highest BCUT2D eigenvalue weighted by molar-refractivity contribution is 5.52. The van der Waals surface area contributed by atoms with Crippen LogP contribution >= 0.6 is 0 Å². The third-order valence-electron chi connectivity index (χ3n) is 6.06. The van der Waals surface area contributed by atoms with E-state index in [0.29, 0.717) is 17.1 Å². The predicted molar refractivity (Wildman–Crippen MR) is 114 cm³/mol. The third kappa shape index (κ3) is 4.14. The van der Waals surface area contributed by atoms with Gasteiger partial charge in [-0.3, -0.25) is 0 Å². The maximum absolute atomic E-state index is 11.6. The summed E-state index contributed by atoms with van der Waals surface area (Å²) in [5.41, 5.74) is -2.19. The lowest BCUT2D eigenvalue weighted by Gasteiger charge is -2.45. The Kier molecular flexibility index (Phi) is 6.59. The Morgan fingerprint density at radius 1 is 1.13 bits per heavy atom. The van der Waals surface area contributed by atoms with Crippen LogP contribution in [0.15, 0.2) is 45.7 Å². The van der Waals surface area contributed by atoms with E-state index in [9.17, 15) is 20.1 Å². The van der Waals surface area contributed by atoms with Crippen LogP contribution in [0.25, 0.3) is 6.08 Å². The van der Waals surface area contributed by atoms with E-state index in [4.69, 9.17) is 18.6 Å². The lowest BCUT2D eigenvalue weighted by atomic mass is 9.77. The minimum Gasteiger partial charge on any atom is -0.496 e. The Hall–Kier alpha value is -2.23. The zero-order valence-electron chi connectivity index (χ0n) is 18.3. The molecule has 3 heterocycles.